The van der Waals surface area contributed by atoms with E-state index in [1.165, 1.54) is 0 Å². The van der Waals surface area contributed by atoms with Crippen molar-refractivity contribution in [3.8, 4) is 0 Å². The molecule has 2 aromatic rings. The molecule has 1 saturated heterocycles. The predicted molar refractivity (Wildman–Crippen MR) is 90.6 cm³/mol. The highest BCUT2D eigenvalue weighted by atomic mass is 16.2. The van der Waals surface area contributed by atoms with Crippen molar-refractivity contribution in [3.05, 3.63) is 65.2 Å². The molecule has 3 rings (SSSR count). The van der Waals surface area contributed by atoms with Crippen LogP contribution in [-0.2, 0) is 4.79 Å². The Hall–Kier alpha value is -2.62. The third-order valence-electron chi connectivity index (χ3n) is 4.12. The highest BCUT2D eigenvalue weighted by Crippen LogP contribution is 2.22. The smallest absolute Gasteiger partial charge is 0.251 e. The van der Waals surface area contributed by atoms with Gasteiger partial charge in [0.25, 0.3) is 5.91 Å². The Bertz CT molecular complexity index is 720. The predicted octanol–water partition coefficient (Wildman–Crippen LogP) is 2.84. The van der Waals surface area contributed by atoms with Gasteiger partial charge in [-0.1, -0.05) is 35.4 Å². The number of anilines is 1. The number of nitrogens with one attached hydrogen (secondary N) is 1. The van der Waals surface area contributed by atoms with Crippen molar-refractivity contribution in [1.82, 2.24) is 5.32 Å². The third kappa shape index (κ3) is 3.42. The Morgan fingerprint density at radius 1 is 1.00 bits per heavy atom. The van der Waals surface area contributed by atoms with E-state index in [4.69, 9.17) is 0 Å². The molecule has 23 heavy (non-hydrogen) atoms. The van der Waals surface area contributed by atoms with Gasteiger partial charge in [0.05, 0.1) is 6.04 Å². The average Bonchev–Trinajstić information content (AvgIpc) is 2.89. The molecule has 1 N–H and O–H groups in total. The molecule has 4 heteroatoms. The van der Waals surface area contributed by atoms with E-state index in [0.717, 1.165) is 16.8 Å². The molecule has 0 bridgehead atoms. The van der Waals surface area contributed by atoms with E-state index in [0.29, 0.717) is 18.5 Å². The summed E-state index contributed by atoms with van der Waals surface area (Å²) in [6, 6.07) is 15.1. The molecule has 0 spiro atoms. The summed E-state index contributed by atoms with van der Waals surface area (Å²) in [6.45, 7) is 4.51. The molecule has 0 saturated carbocycles. The lowest BCUT2D eigenvalue weighted by atomic mass is 10.1. The number of rotatable bonds is 3. The van der Waals surface area contributed by atoms with Crippen LogP contribution in [0.2, 0.25) is 0 Å². The number of nitrogens with zero attached hydrogens (tertiary/aromatic N) is 1. The molecule has 0 unspecified atom stereocenters. The zero-order valence-corrected chi connectivity index (χ0v) is 13.4. The van der Waals surface area contributed by atoms with Gasteiger partial charge in [0.2, 0.25) is 5.91 Å². The molecule has 1 atom stereocenters. The normalized spacial score (nSPS) is 17.4. The van der Waals surface area contributed by atoms with Crippen LogP contribution >= 0.6 is 0 Å². The minimum absolute atomic E-state index is 0.0445. The highest BCUT2D eigenvalue weighted by molar-refractivity contribution is 5.98. The number of carbonyl (C=O) groups is 2. The quantitative estimate of drug-likeness (QED) is 0.948. The van der Waals surface area contributed by atoms with Gasteiger partial charge in [-0.2, -0.15) is 0 Å². The SMILES string of the molecule is Cc1ccc(C(=O)N[C@H]2CC(=O)N(c3ccc(C)cc3)C2)cc1. The fourth-order valence-electron chi connectivity index (χ4n) is 2.75. The number of amides is 2. The first-order valence-electron chi connectivity index (χ1n) is 7.77. The van der Waals surface area contributed by atoms with E-state index < -0.39 is 0 Å². The van der Waals surface area contributed by atoms with E-state index in [2.05, 4.69) is 5.32 Å². The molecule has 2 aromatic carbocycles. The number of aryl methyl sites for hydroxylation is 2. The zero-order chi connectivity index (χ0) is 16.4. The lowest BCUT2D eigenvalue weighted by Crippen LogP contribution is -2.37. The first-order chi connectivity index (χ1) is 11.0. The van der Waals surface area contributed by atoms with Gasteiger partial charge >= 0.3 is 0 Å². The Balaban J connectivity index is 1.66. The average molecular weight is 308 g/mol. The Kier molecular flexibility index (Phi) is 4.15. The topological polar surface area (TPSA) is 49.4 Å². The molecule has 0 aromatic heterocycles. The summed E-state index contributed by atoms with van der Waals surface area (Å²) in [4.78, 5) is 26.2. The number of hydrogen-bond donors (Lipinski definition) is 1. The summed E-state index contributed by atoms with van der Waals surface area (Å²) < 4.78 is 0. The van der Waals surface area contributed by atoms with Gasteiger partial charge in [0.15, 0.2) is 0 Å². The molecule has 2 amide bonds. The second-order valence-electron chi connectivity index (χ2n) is 6.08. The summed E-state index contributed by atoms with van der Waals surface area (Å²) in [7, 11) is 0. The second-order valence-corrected chi connectivity index (χ2v) is 6.08. The molecule has 1 aliphatic rings. The number of carbonyl (C=O) groups excluding carboxylic acids is 2. The van der Waals surface area contributed by atoms with Crippen LogP contribution in [0.3, 0.4) is 0 Å². The zero-order valence-electron chi connectivity index (χ0n) is 13.4. The van der Waals surface area contributed by atoms with Crippen molar-refractivity contribution in [2.75, 3.05) is 11.4 Å². The third-order valence-corrected chi connectivity index (χ3v) is 4.12. The van der Waals surface area contributed by atoms with Crippen LogP contribution in [0.5, 0.6) is 0 Å². The number of benzene rings is 2. The first kappa shape index (κ1) is 15.3. The van der Waals surface area contributed by atoms with E-state index in [-0.39, 0.29) is 17.9 Å². The van der Waals surface area contributed by atoms with Crippen molar-refractivity contribution in [2.24, 2.45) is 0 Å². The molecule has 1 fully saturated rings. The summed E-state index contributed by atoms with van der Waals surface area (Å²) in [6.07, 6.45) is 0.339. The van der Waals surface area contributed by atoms with Crippen molar-refractivity contribution >= 4 is 17.5 Å². The fourth-order valence-corrected chi connectivity index (χ4v) is 2.75. The second kappa shape index (κ2) is 6.24. The van der Waals surface area contributed by atoms with Gasteiger partial charge in [-0.3, -0.25) is 9.59 Å². The van der Waals surface area contributed by atoms with E-state index in [9.17, 15) is 9.59 Å². The van der Waals surface area contributed by atoms with Crippen LogP contribution in [-0.4, -0.2) is 24.4 Å². The Morgan fingerprint density at radius 2 is 1.57 bits per heavy atom. The van der Waals surface area contributed by atoms with Crippen molar-refractivity contribution in [1.29, 1.82) is 0 Å². The van der Waals surface area contributed by atoms with E-state index in [1.54, 1.807) is 17.0 Å². The fraction of sp³-hybridized carbons (Fsp3) is 0.263. The maximum atomic E-state index is 12.3. The maximum absolute atomic E-state index is 12.3. The van der Waals surface area contributed by atoms with Crippen LogP contribution in [0.15, 0.2) is 48.5 Å². The summed E-state index contributed by atoms with van der Waals surface area (Å²) >= 11 is 0. The van der Waals surface area contributed by atoms with Crippen molar-refractivity contribution in [2.45, 2.75) is 26.3 Å². The molecule has 118 valence electrons. The van der Waals surface area contributed by atoms with Gasteiger partial charge in [0.1, 0.15) is 0 Å². The van der Waals surface area contributed by atoms with Gasteiger partial charge in [-0.15, -0.1) is 0 Å². The molecule has 1 aliphatic heterocycles. The van der Waals surface area contributed by atoms with Gasteiger partial charge < -0.3 is 10.2 Å². The highest BCUT2D eigenvalue weighted by Gasteiger charge is 2.31. The Morgan fingerprint density at radius 3 is 2.17 bits per heavy atom. The van der Waals surface area contributed by atoms with Crippen LogP contribution in [0.25, 0.3) is 0 Å². The first-order valence-corrected chi connectivity index (χ1v) is 7.77. The van der Waals surface area contributed by atoms with Crippen molar-refractivity contribution < 1.29 is 9.59 Å². The lowest BCUT2D eigenvalue weighted by Gasteiger charge is -2.17. The van der Waals surface area contributed by atoms with Crippen LogP contribution in [0.4, 0.5) is 5.69 Å². The van der Waals surface area contributed by atoms with Gasteiger partial charge in [-0.25, -0.2) is 0 Å². The van der Waals surface area contributed by atoms with Crippen LogP contribution in [0.1, 0.15) is 27.9 Å². The van der Waals surface area contributed by atoms with E-state index in [1.807, 2.05) is 50.2 Å². The molecule has 0 radical (unpaired) electrons. The standard InChI is InChI=1S/C19H20N2O2/c1-13-3-7-15(8-4-13)19(23)20-16-11-18(22)21(12-16)17-9-5-14(2)6-10-17/h3-10,16H,11-12H2,1-2H3,(H,20,23)/t16-/m0/s1. The molecular formula is C19H20N2O2. The lowest BCUT2D eigenvalue weighted by molar-refractivity contribution is -0.117. The minimum atomic E-state index is -0.155. The van der Waals surface area contributed by atoms with Crippen molar-refractivity contribution in [3.63, 3.8) is 0 Å². The monoisotopic (exact) mass is 308 g/mol. The molecule has 0 aliphatic carbocycles. The summed E-state index contributed by atoms with van der Waals surface area (Å²) in [5, 5.41) is 2.95. The van der Waals surface area contributed by atoms with E-state index >= 15 is 0 Å². The van der Waals surface area contributed by atoms with Crippen LogP contribution in [0, 0.1) is 13.8 Å². The summed E-state index contributed by atoms with van der Waals surface area (Å²) in [5.41, 5.74) is 3.78. The van der Waals surface area contributed by atoms with Gasteiger partial charge in [-0.05, 0) is 38.1 Å². The van der Waals surface area contributed by atoms with Gasteiger partial charge in [0, 0.05) is 24.2 Å². The molecular weight excluding hydrogens is 288 g/mol. The maximum Gasteiger partial charge on any atom is 0.251 e. The molecule has 1 heterocycles. The minimum Gasteiger partial charge on any atom is -0.347 e. The van der Waals surface area contributed by atoms with Crippen LogP contribution < -0.4 is 10.2 Å². The number of hydrogen-bond acceptors (Lipinski definition) is 2. The molecule has 4 nitrogen and oxygen atoms in total. The Labute approximate surface area is 136 Å². The summed E-state index contributed by atoms with van der Waals surface area (Å²) in [5.74, 6) is -0.0865. The largest absolute Gasteiger partial charge is 0.347 e.